The molecule has 0 heterocycles. The molecule has 0 nitrogen and oxygen atoms in total. The van der Waals surface area contributed by atoms with E-state index in [1.807, 2.05) is 0 Å². The zero-order chi connectivity index (χ0) is 2.00. The maximum absolute atomic E-state index is 2.14. The van der Waals surface area contributed by atoms with Crippen LogP contribution in [-0.2, 0) is 53.8 Å². The van der Waals surface area contributed by atoms with Crippen LogP contribution in [0.1, 0.15) is 0 Å². The van der Waals surface area contributed by atoms with Crippen LogP contribution in [0.15, 0.2) is 0 Å². The van der Waals surface area contributed by atoms with Crippen molar-refractivity contribution in [2.24, 2.45) is 0 Å². The summed E-state index contributed by atoms with van der Waals surface area (Å²) >= 11 is 0. The van der Waals surface area contributed by atoms with E-state index < -0.39 is 0 Å². The largest absolute Gasteiger partial charge is 0.0777 e. The summed E-state index contributed by atoms with van der Waals surface area (Å²) in [6.07, 6.45) is 0. The minimum Gasteiger partial charge on any atom is -0.0777 e. The van der Waals surface area contributed by atoms with E-state index in [0.717, 1.165) is 0 Å². The van der Waals surface area contributed by atoms with Crippen LogP contribution in [0.4, 0.5) is 0 Å². The van der Waals surface area contributed by atoms with E-state index in [2.05, 4.69) is 6.55 Å². The van der Waals surface area contributed by atoms with Crippen LogP contribution in [0, 0.1) is 0 Å². The normalized spacial score (nSPS) is 2.25. The van der Waals surface area contributed by atoms with Gasteiger partial charge < -0.3 is 0 Å². The van der Waals surface area contributed by atoms with Crippen molar-refractivity contribution in [1.82, 2.24) is 0 Å². The van der Waals surface area contributed by atoms with Gasteiger partial charge in [0.2, 0.25) is 0 Å². The van der Waals surface area contributed by atoms with Crippen LogP contribution >= 0.6 is 0 Å². The molecule has 0 aromatic rings. The third kappa shape index (κ3) is 8.99. The molecule has 1 radical (unpaired) electrons. The monoisotopic (exact) mass is 319 g/mol. The Morgan fingerprint density at radius 2 is 1.25 bits per heavy atom. The molecule has 23 valence electrons. The minimum atomic E-state index is 0. The van der Waals surface area contributed by atoms with Crippen molar-refractivity contribution >= 4 is 10.2 Å². The molecule has 0 aromatic carbocycles. The fourth-order valence-electron chi connectivity index (χ4n) is 0. The maximum atomic E-state index is 2.14. The van der Waals surface area contributed by atoms with Gasteiger partial charge in [0.05, 0.1) is 0 Å². The topological polar surface area (TPSA) is 0 Å². The molecule has 0 fully saturated rings. The van der Waals surface area contributed by atoms with Crippen molar-refractivity contribution in [2.75, 3.05) is 0 Å². The zero-order valence-corrected chi connectivity index (χ0v) is 10.8. The molecular formula is CH6SiWY. The van der Waals surface area contributed by atoms with E-state index in [0.29, 0.717) is 0 Å². The summed E-state index contributed by atoms with van der Waals surface area (Å²) in [6, 6.07) is 0. The van der Waals surface area contributed by atoms with Gasteiger partial charge in [0.25, 0.3) is 0 Å². The number of hydrogen-bond donors (Lipinski definition) is 0. The van der Waals surface area contributed by atoms with Gasteiger partial charge in [-0.1, -0.05) is 6.55 Å². The van der Waals surface area contributed by atoms with Gasteiger partial charge in [0.1, 0.15) is 0 Å². The number of hydrogen-bond acceptors (Lipinski definition) is 0. The van der Waals surface area contributed by atoms with Gasteiger partial charge in [0.15, 0.2) is 0 Å². The van der Waals surface area contributed by atoms with Gasteiger partial charge in [-0.3, -0.25) is 0 Å². The summed E-state index contributed by atoms with van der Waals surface area (Å²) in [5, 5.41) is 0. The van der Waals surface area contributed by atoms with Crippen molar-refractivity contribution in [1.29, 1.82) is 0 Å². The third-order valence-electron chi connectivity index (χ3n) is 0. The van der Waals surface area contributed by atoms with Crippen LogP contribution in [0.2, 0.25) is 6.55 Å². The second kappa shape index (κ2) is 19.9. The quantitative estimate of drug-likeness (QED) is 0.523. The second-order valence-electron chi connectivity index (χ2n) is 0. The molecule has 3 heteroatoms. The molecule has 0 aliphatic carbocycles. The van der Waals surface area contributed by atoms with Gasteiger partial charge in [0, 0.05) is 53.8 Å². The SMILES string of the molecule is C[SiH3].[W].[Y]. The van der Waals surface area contributed by atoms with Crippen LogP contribution in [0.25, 0.3) is 0 Å². The Kier molecular flexibility index (Phi) is 83.0. The van der Waals surface area contributed by atoms with E-state index in [1.54, 1.807) is 0 Å². The predicted molar refractivity (Wildman–Crippen MR) is 15.8 cm³/mol. The minimum absolute atomic E-state index is 0. The van der Waals surface area contributed by atoms with Gasteiger partial charge in [-0.25, -0.2) is 0 Å². The molecule has 0 saturated heterocycles. The molecule has 0 unspecified atom stereocenters. The average molecular weight is 319 g/mol. The third-order valence-corrected chi connectivity index (χ3v) is 0. The first-order valence-corrected chi connectivity index (χ1v) is 3.00. The van der Waals surface area contributed by atoms with Gasteiger partial charge in [-0.15, -0.1) is 0 Å². The molecular weight excluding hydrogens is 313 g/mol. The van der Waals surface area contributed by atoms with Crippen LogP contribution in [0.3, 0.4) is 0 Å². The Hall–Kier alpha value is 2.01. The molecule has 4 heavy (non-hydrogen) atoms. The first-order chi connectivity index (χ1) is 1.00. The Balaban J connectivity index is -0.00000000500. The van der Waals surface area contributed by atoms with Crippen LogP contribution in [0.5, 0.6) is 0 Å². The van der Waals surface area contributed by atoms with Crippen molar-refractivity contribution < 1.29 is 53.8 Å². The molecule has 0 aliphatic heterocycles. The van der Waals surface area contributed by atoms with E-state index >= 15 is 0 Å². The Bertz CT molecular complexity index is 8.00. The summed E-state index contributed by atoms with van der Waals surface area (Å²) in [5.74, 6) is 0. The molecule has 0 rings (SSSR count). The van der Waals surface area contributed by atoms with Crippen molar-refractivity contribution in [3.05, 3.63) is 0 Å². The van der Waals surface area contributed by atoms with E-state index in [-0.39, 0.29) is 53.8 Å². The summed E-state index contributed by atoms with van der Waals surface area (Å²) < 4.78 is 0. The van der Waals surface area contributed by atoms with E-state index in [9.17, 15) is 0 Å². The molecule has 0 N–H and O–H groups in total. The van der Waals surface area contributed by atoms with Gasteiger partial charge in [-0.2, -0.15) is 0 Å². The Morgan fingerprint density at radius 1 is 1.25 bits per heavy atom. The van der Waals surface area contributed by atoms with E-state index in [1.165, 1.54) is 10.2 Å². The Labute approximate surface area is 69.7 Å². The fourth-order valence-corrected chi connectivity index (χ4v) is 0. The standard InChI is InChI=1S/CH6Si.W.Y/c1-2;;/h1-2H3;;. The van der Waals surface area contributed by atoms with Gasteiger partial charge in [-0.05, 0) is 10.2 Å². The molecule has 0 atom stereocenters. The van der Waals surface area contributed by atoms with Crippen LogP contribution < -0.4 is 0 Å². The zero-order valence-electron chi connectivity index (χ0n) is 2.99. The van der Waals surface area contributed by atoms with Crippen molar-refractivity contribution in [3.8, 4) is 0 Å². The fraction of sp³-hybridized carbons (Fsp3) is 1.00. The molecule has 0 aromatic heterocycles. The molecule has 0 aliphatic rings. The predicted octanol–water partition coefficient (Wildman–Crippen LogP) is -0.605. The second-order valence-corrected chi connectivity index (χ2v) is 0. The van der Waals surface area contributed by atoms with E-state index in [4.69, 9.17) is 0 Å². The average Bonchev–Trinajstić information content (AvgIpc) is 1.00. The summed E-state index contributed by atoms with van der Waals surface area (Å²) in [6.45, 7) is 2.14. The molecule has 0 amide bonds. The van der Waals surface area contributed by atoms with Gasteiger partial charge >= 0.3 is 0 Å². The van der Waals surface area contributed by atoms with Crippen molar-refractivity contribution in [2.45, 2.75) is 6.55 Å². The molecule has 0 spiro atoms. The van der Waals surface area contributed by atoms with Crippen molar-refractivity contribution in [3.63, 3.8) is 0 Å². The maximum Gasteiger partial charge on any atom is 0 e. The summed E-state index contributed by atoms with van der Waals surface area (Å²) in [4.78, 5) is 0. The smallest absolute Gasteiger partial charge is 0 e. The Morgan fingerprint density at radius 3 is 1.25 bits per heavy atom. The summed E-state index contributed by atoms with van der Waals surface area (Å²) in [5.41, 5.74) is 0. The molecule has 0 bridgehead atoms. The van der Waals surface area contributed by atoms with Crippen LogP contribution in [-0.4, -0.2) is 10.2 Å². The molecule has 0 saturated carbocycles. The first kappa shape index (κ1) is 16.7. The summed E-state index contributed by atoms with van der Waals surface area (Å²) in [7, 11) is 1.31. The number of rotatable bonds is 0. The first-order valence-electron chi connectivity index (χ1n) is 1.00.